The van der Waals surface area contributed by atoms with Crippen molar-refractivity contribution in [3.8, 4) is 11.5 Å². The van der Waals surface area contributed by atoms with Gasteiger partial charge in [0.05, 0.1) is 19.3 Å². The molecular formula is C28H37N3O5. The van der Waals surface area contributed by atoms with E-state index in [1.54, 1.807) is 12.4 Å². The highest BCUT2D eigenvalue weighted by Gasteiger charge is 2.31. The fourth-order valence-electron chi connectivity index (χ4n) is 5.38. The summed E-state index contributed by atoms with van der Waals surface area (Å²) in [4.78, 5) is 21.8. The topological polar surface area (TPSA) is 73.4 Å². The zero-order chi connectivity index (χ0) is 24.7. The van der Waals surface area contributed by atoms with Crippen LogP contribution in [0, 0.1) is 11.8 Å². The number of hydrogen-bond acceptors (Lipinski definition) is 7. The van der Waals surface area contributed by atoms with Gasteiger partial charge in [-0.3, -0.25) is 14.7 Å². The number of rotatable bonds is 9. The first-order valence-electron chi connectivity index (χ1n) is 13.1. The predicted molar refractivity (Wildman–Crippen MR) is 135 cm³/mol. The summed E-state index contributed by atoms with van der Waals surface area (Å²) in [7, 11) is 0. The van der Waals surface area contributed by atoms with E-state index in [0.717, 1.165) is 69.2 Å². The van der Waals surface area contributed by atoms with Crippen molar-refractivity contribution in [2.24, 2.45) is 11.8 Å². The van der Waals surface area contributed by atoms with Gasteiger partial charge in [0.25, 0.3) is 0 Å². The number of nitrogens with zero attached hydrogens (tertiary/aromatic N) is 3. The molecule has 36 heavy (non-hydrogen) atoms. The third-order valence-corrected chi connectivity index (χ3v) is 7.24. The molecule has 0 aliphatic carbocycles. The van der Waals surface area contributed by atoms with Crippen LogP contribution >= 0.6 is 0 Å². The smallest absolute Gasteiger partial charge is 0.236 e. The van der Waals surface area contributed by atoms with Crippen molar-refractivity contribution < 1.29 is 23.7 Å². The largest absolute Gasteiger partial charge is 0.454 e. The molecular weight excluding hydrogens is 458 g/mol. The summed E-state index contributed by atoms with van der Waals surface area (Å²) in [5, 5.41) is 0. The molecule has 0 spiro atoms. The van der Waals surface area contributed by atoms with Gasteiger partial charge in [-0.15, -0.1) is 0 Å². The Morgan fingerprint density at radius 1 is 1.06 bits per heavy atom. The molecule has 0 unspecified atom stereocenters. The van der Waals surface area contributed by atoms with Crippen molar-refractivity contribution in [3.05, 3.63) is 53.9 Å². The summed E-state index contributed by atoms with van der Waals surface area (Å²) in [5.41, 5.74) is 2.32. The molecule has 3 aliphatic heterocycles. The summed E-state index contributed by atoms with van der Waals surface area (Å²) in [5.74, 6) is 2.70. The fourth-order valence-corrected chi connectivity index (χ4v) is 5.38. The predicted octanol–water partition coefficient (Wildman–Crippen LogP) is 3.15. The maximum Gasteiger partial charge on any atom is 0.236 e. The van der Waals surface area contributed by atoms with Crippen molar-refractivity contribution >= 4 is 5.91 Å². The van der Waals surface area contributed by atoms with E-state index in [4.69, 9.17) is 18.9 Å². The normalized spacial score (nSPS) is 22.0. The molecule has 2 atom stereocenters. The molecule has 2 fully saturated rings. The van der Waals surface area contributed by atoms with Gasteiger partial charge in [0.15, 0.2) is 11.5 Å². The molecule has 3 aliphatic rings. The average Bonchev–Trinajstić information content (AvgIpc) is 3.30. The number of carbonyl (C=O) groups excluding carboxylic acids is 1. The number of pyridine rings is 1. The van der Waals surface area contributed by atoms with E-state index in [1.807, 2.05) is 23.1 Å². The minimum Gasteiger partial charge on any atom is -0.454 e. The van der Waals surface area contributed by atoms with E-state index in [9.17, 15) is 4.79 Å². The Morgan fingerprint density at radius 3 is 2.69 bits per heavy atom. The van der Waals surface area contributed by atoms with Crippen LogP contribution in [0.5, 0.6) is 11.5 Å². The number of fused-ring (bicyclic) bond motifs is 1. The minimum atomic E-state index is -0.0396. The van der Waals surface area contributed by atoms with E-state index >= 15 is 0 Å². The Balaban J connectivity index is 1.22. The molecule has 5 rings (SSSR count). The molecule has 8 heteroatoms. The van der Waals surface area contributed by atoms with E-state index in [1.165, 1.54) is 5.56 Å². The summed E-state index contributed by atoms with van der Waals surface area (Å²) < 4.78 is 22.9. The van der Waals surface area contributed by atoms with Crippen LogP contribution < -0.4 is 9.47 Å². The lowest BCUT2D eigenvalue weighted by Crippen LogP contribution is -2.42. The summed E-state index contributed by atoms with van der Waals surface area (Å²) in [6, 6.07) is 10.1. The number of aromatic nitrogens is 1. The molecule has 1 aromatic heterocycles. The van der Waals surface area contributed by atoms with Gasteiger partial charge in [-0.2, -0.15) is 0 Å². The lowest BCUT2D eigenvalue weighted by Gasteiger charge is -2.30. The van der Waals surface area contributed by atoms with Crippen LogP contribution in [0.2, 0.25) is 0 Å². The van der Waals surface area contributed by atoms with Crippen molar-refractivity contribution in [1.82, 2.24) is 14.8 Å². The lowest BCUT2D eigenvalue weighted by atomic mass is 9.99. The third-order valence-electron chi connectivity index (χ3n) is 7.24. The van der Waals surface area contributed by atoms with E-state index in [0.29, 0.717) is 31.5 Å². The molecule has 4 heterocycles. The molecule has 2 aromatic rings. The van der Waals surface area contributed by atoms with Crippen molar-refractivity contribution in [2.45, 2.75) is 38.9 Å². The van der Waals surface area contributed by atoms with Crippen LogP contribution in [0.3, 0.4) is 0 Å². The van der Waals surface area contributed by atoms with Crippen LogP contribution in [0.4, 0.5) is 0 Å². The first-order chi connectivity index (χ1) is 17.6. The standard InChI is InChI=1S/C28H37N3O5/c1-21(12-24-2-3-26-27(13-24)36-20-35-26)14-30-16-25(34-19-23-4-8-29-9-5-23)17-31(28(32)18-30)15-22-6-10-33-11-7-22/h2-5,8-9,13,21-22,25H,6-7,10-12,14-20H2,1H3/t21-,25-/m1/s1. The number of carbonyl (C=O) groups is 1. The van der Waals surface area contributed by atoms with Gasteiger partial charge >= 0.3 is 0 Å². The SMILES string of the molecule is C[C@H](Cc1ccc2c(c1)OCO2)CN1CC(=O)N(CC2CCOCC2)C[C@H](OCc2ccncc2)C1. The van der Waals surface area contributed by atoms with Crippen molar-refractivity contribution in [2.75, 3.05) is 52.7 Å². The molecule has 0 radical (unpaired) electrons. The fraction of sp³-hybridized carbons (Fsp3) is 0.571. The molecule has 1 amide bonds. The van der Waals surface area contributed by atoms with Gasteiger partial charge in [0, 0.05) is 51.8 Å². The first kappa shape index (κ1) is 25.0. The third kappa shape index (κ3) is 6.75. The number of ether oxygens (including phenoxy) is 4. The maximum atomic E-state index is 13.3. The highest BCUT2D eigenvalue weighted by molar-refractivity contribution is 5.78. The molecule has 2 saturated heterocycles. The average molecular weight is 496 g/mol. The Bertz CT molecular complexity index is 998. The second-order valence-corrected chi connectivity index (χ2v) is 10.3. The highest BCUT2D eigenvalue weighted by Crippen LogP contribution is 2.33. The van der Waals surface area contributed by atoms with Crippen LogP contribution in [0.15, 0.2) is 42.7 Å². The van der Waals surface area contributed by atoms with E-state index < -0.39 is 0 Å². The van der Waals surface area contributed by atoms with Gasteiger partial charge < -0.3 is 23.8 Å². The Labute approximate surface area is 213 Å². The van der Waals surface area contributed by atoms with Crippen LogP contribution in [-0.2, 0) is 27.3 Å². The molecule has 8 nitrogen and oxygen atoms in total. The maximum absolute atomic E-state index is 13.3. The second-order valence-electron chi connectivity index (χ2n) is 10.3. The quantitative estimate of drug-likeness (QED) is 0.529. The highest BCUT2D eigenvalue weighted by atomic mass is 16.7. The van der Waals surface area contributed by atoms with Gasteiger partial charge in [-0.1, -0.05) is 13.0 Å². The second kappa shape index (κ2) is 12.0. The number of hydrogen-bond donors (Lipinski definition) is 0. The Kier molecular flexibility index (Phi) is 8.36. The van der Waals surface area contributed by atoms with Crippen LogP contribution in [-0.4, -0.2) is 79.5 Å². The first-order valence-corrected chi connectivity index (χ1v) is 13.1. The zero-order valence-corrected chi connectivity index (χ0v) is 21.1. The molecule has 194 valence electrons. The van der Waals surface area contributed by atoms with Gasteiger partial charge in [0.1, 0.15) is 0 Å². The summed E-state index contributed by atoms with van der Waals surface area (Å²) >= 11 is 0. The number of amides is 1. The van der Waals surface area contributed by atoms with Crippen LogP contribution in [0.1, 0.15) is 30.9 Å². The number of benzene rings is 1. The summed E-state index contributed by atoms with van der Waals surface area (Å²) in [6.45, 7) is 8.06. The zero-order valence-electron chi connectivity index (χ0n) is 21.1. The minimum absolute atomic E-state index is 0.0396. The molecule has 1 aromatic carbocycles. The Hall–Kier alpha value is -2.68. The van der Waals surface area contributed by atoms with Crippen molar-refractivity contribution in [1.29, 1.82) is 0 Å². The van der Waals surface area contributed by atoms with E-state index in [2.05, 4.69) is 28.9 Å². The summed E-state index contributed by atoms with van der Waals surface area (Å²) in [6.07, 6.45) is 6.48. The lowest BCUT2D eigenvalue weighted by molar-refractivity contribution is -0.133. The monoisotopic (exact) mass is 495 g/mol. The van der Waals surface area contributed by atoms with Crippen molar-refractivity contribution in [3.63, 3.8) is 0 Å². The van der Waals surface area contributed by atoms with Gasteiger partial charge in [-0.05, 0) is 66.5 Å². The Morgan fingerprint density at radius 2 is 1.86 bits per heavy atom. The van der Waals surface area contributed by atoms with Gasteiger partial charge in [-0.25, -0.2) is 0 Å². The van der Waals surface area contributed by atoms with Gasteiger partial charge in [0.2, 0.25) is 12.7 Å². The van der Waals surface area contributed by atoms with Crippen LogP contribution in [0.25, 0.3) is 0 Å². The van der Waals surface area contributed by atoms with E-state index in [-0.39, 0.29) is 18.8 Å². The molecule has 0 bridgehead atoms. The molecule has 0 N–H and O–H groups in total. The molecule has 0 saturated carbocycles.